The summed E-state index contributed by atoms with van der Waals surface area (Å²) in [6.45, 7) is 9.77. The van der Waals surface area contributed by atoms with Gasteiger partial charge in [-0.15, -0.1) is 0 Å². The molecule has 0 aliphatic carbocycles. The summed E-state index contributed by atoms with van der Waals surface area (Å²) in [7, 11) is -2.15. The molecule has 236 valence electrons. The maximum atomic E-state index is 8.57. The smallest absolute Gasteiger partial charge is 0.327 e. The zero-order valence-electron chi connectivity index (χ0n) is 26.9. The molecule has 0 aromatic carbocycles. The van der Waals surface area contributed by atoms with Crippen LogP contribution in [0.3, 0.4) is 0 Å². The Kier molecular flexibility index (Phi) is 42.4. The molecule has 0 spiro atoms. The zero-order chi connectivity index (χ0) is 28.9. The van der Waals surface area contributed by atoms with Gasteiger partial charge in [-0.25, -0.2) is 0 Å². The average molecular weight is 574 g/mol. The van der Waals surface area contributed by atoms with Gasteiger partial charge in [0, 0.05) is 0 Å². The van der Waals surface area contributed by atoms with Gasteiger partial charge in [-0.2, -0.15) is 0 Å². The van der Waals surface area contributed by atoms with E-state index in [9.17, 15) is 0 Å². The summed E-state index contributed by atoms with van der Waals surface area (Å²) in [5, 5.41) is 3.57. The van der Waals surface area contributed by atoms with Crippen LogP contribution in [-0.2, 0) is 4.52 Å². The molecular formula is C34H72NO3P. The molecule has 0 aromatic heterocycles. The van der Waals surface area contributed by atoms with Gasteiger partial charge < -0.3 is 19.6 Å². The maximum absolute atomic E-state index is 8.57. The molecule has 39 heavy (non-hydrogen) atoms. The fourth-order valence-corrected chi connectivity index (χ4v) is 4.97. The standard InChI is InChI=1S/C18H37O3P.C16H35N/c1-2-3-4-5-6-7-8-9-10-11-12-13-14-15-16-17-18-21-22(19)20;1-3-5-7-9-11-13-15-17-16-14-12-10-8-6-4-2/h9-10,19-20H,2-8,11-18H2,1H3;17H,3-16H2,1-2H3/b10-9-;. The first-order valence-corrected chi connectivity index (χ1v) is 18.5. The van der Waals surface area contributed by atoms with Crippen molar-refractivity contribution in [3.8, 4) is 0 Å². The van der Waals surface area contributed by atoms with Crippen molar-refractivity contribution in [2.45, 2.75) is 188 Å². The van der Waals surface area contributed by atoms with E-state index in [0.29, 0.717) is 6.61 Å². The van der Waals surface area contributed by atoms with E-state index in [0.717, 1.165) is 12.8 Å². The minimum Gasteiger partial charge on any atom is -0.328 e. The normalized spacial score (nSPS) is 11.4. The average Bonchev–Trinajstić information content (AvgIpc) is 2.93. The first-order valence-electron chi connectivity index (χ1n) is 17.3. The highest BCUT2D eigenvalue weighted by Crippen LogP contribution is 2.24. The van der Waals surface area contributed by atoms with E-state index in [1.807, 2.05) is 0 Å². The van der Waals surface area contributed by atoms with Gasteiger partial charge in [-0.3, -0.25) is 0 Å². The van der Waals surface area contributed by atoms with E-state index in [2.05, 4.69) is 38.2 Å². The van der Waals surface area contributed by atoms with Gasteiger partial charge in [0.1, 0.15) is 0 Å². The van der Waals surface area contributed by atoms with Crippen LogP contribution >= 0.6 is 8.60 Å². The van der Waals surface area contributed by atoms with Crippen molar-refractivity contribution in [1.82, 2.24) is 5.32 Å². The predicted octanol–water partition coefficient (Wildman–Crippen LogP) is 11.5. The molecule has 0 amide bonds. The lowest BCUT2D eigenvalue weighted by Gasteiger charge is -2.04. The molecular weight excluding hydrogens is 501 g/mol. The van der Waals surface area contributed by atoms with Gasteiger partial charge in [0.2, 0.25) is 0 Å². The van der Waals surface area contributed by atoms with Gasteiger partial charge in [0.05, 0.1) is 6.61 Å². The molecule has 0 bridgehead atoms. The number of nitrogens with one attached hydrogen (secondary N) is 1. The highest BCUT2D eigenvalue weighted by molar-refractivity contribution is 7.39. The number of unbranched alkanes of at least 4 members (excludes halogenated alkanes) is 22. The summed E-state index contributed by atoms with van der Waals surface area (Å²) in [6.07, 6.45) is 39.5. The Labute approximate surface area is 247 Å². The first-order chi connectivity index (χ1) is 19.2. The fraction of sp³-hybridized carbons (Fsp3) is 0.941. The Morgan fingerprint density at radius 1 is 0.462 bits per heavy atom. The first kappa shape index (κ1) is 41.1. The summed E-state index contributed by atoms with van der Waals surface area (Å²) in [5.41, 5.74) is 0. The molecule has 5 heteroatoms. The second kappa shape index (κ2) is 40.2. The van der Waals surface area contributed by atoms with Gasteiger partial charge in [0.15, 0.2) is 0 Å². The third-order valence-electron chi connectivity index (χ3n) is 7.28. The van der Waals surface area contributed by atoms with E-state index in [1.165, 1.54) is 167 Å². The molecule has 3 N–H and O–H groups in total. The van der Waals surface area contributed by atoms with Crippen LogP contribution in [0.2, 0.25) is 0 Å². The molecule has 0 fully saturated rings. The lowest BCUT2D eigenvalue weighted by Crippen LogP contribution is -2.16. The second-order valence-corrected chi connectivity index (χ2v) is 12.1. The van der Waals surface area contributed by atoms with E-state index < -0.39 is 8.60 Å². The maximum Gasteiger partial charge on any atom is 0.327 e. The minimum absolute atomic E-state index is 0.472. The van der Waals surface area contributed by atoms with Crippen molar-refractivity contribution in [2.24, 2.45) is 0 Å². The van der Waals surface area contributed by atoms with Crippen molar-refractivity contribution in [3.63, 3.8) is 0 Å². The van der Waals surface area contributed by atoms with Crippen LogP contribution in [0.4, 0.5) is 0 Å². The topological polar surface area (TPSA) is 61.7 Å². The molecule has 0 saturated heterocycles. The van der Waals surface area contributed by atoms with E-state index in [-0.39, 0.29) is 0 Å². The molecule has 0 unspecified atom stereocenters. The van der Waals surface area contributed by atoms with E-state index in [1.54, 1.807) is 0 Å². The number of hydrogen-bond acceptors (Lipinski definition) is 4. The molecule has 0 saturated carbocycles. The van der Waals surface area contributed by atoms with Crippen LogP contribution in [0.5, 0.6) is 0 Å². The Balaban J connectivity index is 0. The monoisotopic (exact) mass is 574 g/mol. The number of hydrogen-bond donors (Lipinski definition) is 3. The Bertz CT molecular complexity index is 421. The number of allylic oxidation sites excluding steroid dienone is 2. The quantitative estimate of drug-likeness (QED) is 0.0438. The van der Waals surface area contributed by atoms with Crippen molar-refractivity contribution in [2.75, 3.05) is 19.7 Å². The third kappa shape index (κ3) is 45.2. The summed E-state index contributed by atoms with van der Waals surface area (Å²) >= 11 is 0. The molecule has 0 aliphatic heterocycles. The third-order valence-corrected chi connectivity index (χ3v) is 7.69. The summed E-state index contributed by atoms with van der Waals surface area (Å²) in [4.78, 5) is 17.1. The van der Waals surface area contributed by atoms with Gasteiger partial charge in [0.25, 0.3) is 0 Å². The fourth-order valence-electron chi connectivity index (χ4n) is 4.68. The Morgan fingerprint density at radius 2 is 0.795 bits per heavy atom. The molecule has 4 nitrogen and oxygen atoms in total. The molecule has 0 aromatic rings. The van der Waals surface area contributed by atoms with Crippen LogP contribution in [0.1, 0.15) is 188 Å². The van der Waals surface area contributed by atoms with Gasteiger partial charge >= 0.3 is 8.60 Å². The largest absolute Gasteiger partial charge is 0.328 e. The van der Waals surface area contributed by atoms with Crippen LogP contribution in [0.15, 0.2) is 12.2 Å². The van der Waals surface area contributed by atoms with Crippen molar-refractivity contribution < 1.29 is 14.3 Å². The Morgan fingerprint density at radius 3 is 1.18 bits per heavy atom. The highest BCUT2D eigenvalue weighted by Gasteiger charge is 1.98. The SMILES string of the molecule is CCCCCCCC/C=C\CCCCCCCCOP(O)O.CCCCCCCCNCCCCCCCC. The summed E-state index contributed by atoms with van der Waals surface area (Å²) in [5.74, 6) is 0. The lowest BCUT2D eigenvalue weighted by molar-refractivity contribution is 0.248. The van der Waals surface area contributed by atoms with Crippen molar-refractivity contribution >= 4 is 8.60 Å². The van der Waals surface area contributed by atoms with Gasteiger partial charge in [-0.05, 0) is 58.0 Å². The second-order valence-electron chi connectivity index (χ2n) is 11.3. The molecule has 0 aliphatic rings. The van der Waals surface area contributed by atoms with Crippen LogP contribution in [-0.4, -0.2) is 29.5 Å². The summed E-state index contributed by atoms with van der Waals surface area (Å²) in [6, 6.07) is 0. The summed E-state index contributed by atoms with van der Waals surface area (Å²) < 4.78 is 4.73. The van der Waals surface area contributed by atoms with Crippen LogP contribution in [0, 0.1) is 0 Å². The zero-order valence-corrected chi connectivity index (χ0v) is 27.8. The highest BCUT2D eigenvalue weighted by atomic mass is 31.2. The molecule has 0 atom stereocenters. The van der Waals surface area contributed by atoms with Crippen molar-refractivity contribution in [1.29, 1.82) is 0 Å². The Hall–Kier alpha value is 0.0100. The van der Waals surface area contributed by atoms with E-state index in [4.69, 9.17) is 14.3 Å². The van der Waals surface area contributed by atoms with Crippen molar-refractivity contribution in [3.05, 3.63) is 12.2 Å². The minimum atomic E-state index is -2.15. The van der Waals surface area contributed by atoms with Crippen LogP contribution < -0.4 is 5.32 Å². The lowest BCUT2D eigenvalue weighted by atomic mass is 10.1. The van der Waals surface area contributed by atoms with Crippen LogP contribution in [0.25, 0.3) is 0 Å². The molecule has 0 heterocycles. The van der Waals surface area contributed by atoms with Gasteiger partial charge in [-0.1, -0.05) is 155 Å². The molecule has 0 radical (unpaired) electrons. The van der Waals surface area contributed by atoms with E-state index >= 15 is 0 Å². The number of rotatable bonds is 31. The molecule has 0 rings (SSSR count). The predicted molar refractivity (Wildman–Crippen MR) is 176 cm³/mol.